The summed E-state index contributed by atoms with van der Waals surface area (Å²) in [5.41, 5.74) is 0. The molecule has 0 aliphatic carbocycles. The first-order valence-corrected chi connectivity index (χ1v) is 4.18. The summed E-state index contributed by atoms with van der Waals surface area (Å²) in [5, 5.41) is 3.38. The summed E-state index contributed by atoms with van der Waals surface area (Å²) in [5.74, 6) is 2.63. The number of rotatable bonds is 5. The summed E-state index contributed by atoms with van der Waals surface area (Å²) in [6.07, 6.45) is 8.34. The van der Waals surface area contributed by atoms with Crippen molar-refractivity contribution in [3.05, 3.63) is 0 Å². The third-order valence-electron chi connectivity index (χ3n) is 1.82. The van der Waals surface area contributed by atoms with E-state index in [-0.39, 0.29) is 0 Å². The smallest absolute Gasteiger partial charge is 0.0643 e. The summed E-state index contributed by atoms with van der Waals surface area (Å²) >= 11 is 0. The molecule has 1 aliphatic rings. The first-order valence-electron chi connectivity index (χ1n) is 4.18. The molecular weight excluding hydrogens is 138 g/mol. The second-order valence-corrected chi connectivity index (χ2v) is 2.85. The van der Waals surface area contributed by atoms with E-state index in [1.807, 2.05) is 0 Å². The van der Waals surface area contributed by atoms with Crippen molar-refractivity contribution in [2.24, 2.45) is 0 Å². The zero-order chi connectivity index (χ0) is 7.94. The highest BCUT2D eigenvalue weighted by atomic mass is 16.5. The van der Waals surface area contributed by atoms with Gasteiger partial charge in [-0.25, -0.2) is 0 Å². The van der Waals surface area contributed by atoms with E-state index in [1.165, 1.54) is 6.42 Å². The van der Waals surface area contributed by atoms with Gasteiger partial charge in [-0.05, 0) is 19.4 Å². The molecule has 0 unspecified atom stereocenters. The largest absolute Gasteiger partial charge is 0.378 e. The molecule has 0 spiro atoms. The number of unbranched alkanes of at least 4 members (excludes halogenated alkanes) is 2. The Balaban J connectivity index is 1.77. The zero-order valence-electron chi connectivity index (χ0n) is 6.81. The second-order valence-electron chi connectivity index (χ2n) is 2.85. The van der Waals surface area contributed by atoms with Gasteiger partial charge in [0.1, 0.15) is 0 Å². The third kappa shape index (κ3) is 3.41. The van der Waals surface area contributed by atoms with Gasteiger partial charge < -0.3 is 10.1 Å². The topological polar surface area (TPSA) is 21.3 Å². The number of terminal acetylenes is 1. The molecule has 62 valence electrons. The van der Waals surface area contributed by atoms with Crippen LogP contribution in [0.1, 0.15) is 19.3 Å². The van der Waals surface area contributed by atoms with Crippen molar-refractivity contribution in [2.75, 3.05) is 19.8 Å². The zero-order valence-corrected chi connectivity index (χ0v) is 6.81. The molecule has 0 aromatic rings. The van der Waals surface area contributed by atoms with Crippen LogP contribution in [0.5, 0.6) is 0 Å². The maximum absolute atomic E-state index is 5.12. The van der Waals surface area contributed by atoms with Crippen molar-refractivity contribution in [3.63, 3.8) is 0 Å². The van der Waals surface area contributed by atoms with Crippen molar-refractivity contribution in [3.8, 4) is 12.3 Å². The van der Waals surface area contributed by atoms with Crippen LogP contribution in [0.15, 0.2) is 0 Å². The summed E-state index contributed by atoms with van der Waals surface area (Å²) in [6, 6.07) is 0.612. The van der Waals surface area contributed by atoms with Crippen LogP contribution < -0.4 is 5.32 Å². The number of hydrogen-bond donors (Lipinski definition) is 1. The molecule has 0 saturated carbocycles. The van der Waals surface area contributed by atoms with Crippen molar-refractivity contribution in [1.29, 1.82) is 0 Å². The highest BCUT2D eigenvalue weighted by Crippen LogP contribution is 2.00. The third-order valence-corrected chi connectivity index (χ3v) is 1.82. The fourth-order valence-corrected chi connectivity index (χ4v) is 1.01. The van der Waals surface area contributed by atoms with Crippen molar-refractivity contribution in [1.82, 2.24) is 5.32 Å². The van der Waals surface area contributed by atoms with Gasteiger partial charge in [0, 0.05) is 6.42 Å². The molecule has 0 aromatic heterocycles. The summed E-state index contributed by atoms with van der Waals surface area (Å²) in [7, 11) is 0. The molecule has 0 radical (unpaired) electrons. The second kappa shape index (κ2) is 5.17. The van der Waals surface area contributed by atoms with Gasteiger partial charge in [-0.15, -0.1) is 12.3 Å². The van der Waals surface area contributed by atoms with Gasteiger partial charge in [0.15, 0.2) is 0 Å². The van der Waals surface area contributed by atoms with Gasteiger partial charge in [0.25, 0.3) is 0 Å². The Morgan fingerprint density at radius 1 is 1.45 bits per heavy atom. The van der Waals surface area contributed by atoms with Gasteiger partial charge in [0.05, 0.1) is 19.3 Å². The number of ether oxygens (including phenoxy) is 1. The Morgan fingerprint density at radius 3 is 2.82 bits per heavy atom. The Labute approximate surface area is 68.3 Å². The van der Waals surface area contributed by atoms with Crippen LogP contribution >= 0.6 is 0 Å². The molecule has 1 saturated heterocycles. The average molecular weight is 153 g/mol. The molecule has 1 fully saturated rings. The first kappa shape index (κ1) is 8.58. The van der Waals surface area contributed by atoms with Gasteiger partial charge in [-0.1, -0.05) is 0 Å². The lowest BCUT2D eigenvalue weighted by Crippen LogP contribution is -2.46. The number of hydrogen-bond acceptors (Lipinski definition) is 2. The van der Waals surface area contributed by atoms with E-state index in [1.54, 1.807) is 0 Å². The standard InChI is InChI=1S/C9H15NO/c1-2-3-4-5-6-10-9-7-11-8-9/h1,9-10H,3-8H2. The fraction of sp³-hybridized carbons (Fsp3) is 0.778. The summed E-state index contributed by atoms with van der Waals surface area (Å²) < 4.78 is 5.02. The maximum atomic E-state index is 5.12. The normalized spacial score (nSPS) is 17.4. The Bertz CT molecular complexity index is 135. The molecule has 0 amide bonds. The van der Waals surface area contributed by atoms with Crippen LogP contribution in [0.2, 0.25) is 0 Å². The molecule has 11 heavy (non-hydrogen) atoms. The molecule has 1 heterocycles. The van der Waals surface area contributed by atoms with Gasteiger partial charge in [-0.2, -0.15) is 0 Å². The lowest BCUT2D eigenvalue weighted by molar-refractivity contribution is -0.00494. The van der Waals surface area contributed by atoms with E-state index >= 15 is 0 Å². The van der Waals surface area contributed by atoms with Crippen LogP contribution in [0.4, 0.5) is 0 Å². The Morgan fingerprint density at radius 2 is 2.27 bits per heavy atom. The van der Waals surface area contributed by atoms with Gasteiger partial charge >= 0.3 is 0 Å². The molecule has 1 aliphatic heterocycles. The highest BCUT2D eigenvalue weighted by molar-refractivity contribution is 4.83. The predicted molar refractivity (Wildman–Crippen MR) is 45.3 cm³/mol. The quantitative estimate of drug-likeness (QED) is 0.465. The van der Waals surface area contributed by atoms with Crippen molar-refractivity contribution < 1.29 is 4.74 Å². The van der Waals surface area contributed by atoms with Crippen LogP contribution in [0, 0.1) is 12.3 Å². The van der Waals surface area contributed by atoms with E-state index in [4.69, 9.17) is 11.2 Å². The van der Waals surface area contributed by atoms with E-state index in [0.717, 1.165) is 32.6 Å². The lowest BCUT2D eigenvalue weighted by Gasteiger charge is -2.26. The fourth-order valence-electron chi connectivity index (χ4n) is 1.01. The first-order chi connectivity index (χ1) is 5.43. The van der Waals surface area contributed by atoms with E-state index in [0.29, 0.717) is 6.04 Å². The van der Waals surface area contributed by atoms with Crippen LogP contribution in [0.3, 0.4) is 0 Å². The van der Waals surface area contributed by atoms with E-state index < -0.39 is 0 Å². The molecule has 1 N–H and O–H groups in total. The molecule has 0 aromatic carbocycles. The monoisotopic (exact) mass is 153 g/mol. The molecule has 0 bridgehead atoms. The minimum Gasteiger partial charge on any atom is -0.378 e. The average Bonchev–Trinajstić information content (AvgIpc) is 1.93. The minimum atomic E-state index is 0.612. The van der Waals surface area contributed by atoms with Crippen molar-refractivity contribution in [2.45, 2.75) is 25.3 Å². The predicted octanol–water partition coefficient (Wildman–Crippen LogP) is 0.778. The molecule has 1 rings (SSSR count). The molecular formula is C9H15NO. The Hall–Kier alpha value is -0.520. The summed E-state index contributed by atoms with van der Waals surface area (Å²) in [6.45, 7) is 2.85. The molecule has 2 nitrogen and oxygen atoms in total. The van der Waals surface area contributed by atoms with Gasteiger partial charge in [0.2, 0.25) is 0 Å². The van der Waals surface area contributed by atoms with E-state index in [9.17, 15) is 0 Å². The highest BCUT2D eigenvalue weighted by Gasteiger charge is 2.16. The van der Waals surface area contributed by atoms with Crippen LogP contribution in [-0.2, 0) is 4.74 Å². The van der Waals surface area contributed by atoms with Crippen molar-refractivity contribution >= 4 is 0 Å². The number of nitrogens with one attached hydrogen (secondary N) is 1. The van der Waals surface area contributed by atoms with Crippen LogP contribution in [-0.4, -0.2) is 25.8 Å². The molecule has 2 heteroatoms. The summed E-state index contributed by atoms with van der Waals surface area (Å²) in [4.78, 5) is 0. The van der Waals surface area contributed by atoms with Gasteiger partial charge in [-0.3, -0.25) is 0 Å². The van der Waals surface area contributed by atoms with E-state index in [2.05, 4.69) is 11.2 Å². The Kier molecular flexibility index (Phi) is 4.03. The lowest BCUT2D eigenvalue weighted by atomic mass is 10.2. The maximum Gasteiger partial charge on any atom is 0.0643 e. The minimum absolute atomic E-state index is 0.612. The molecule has 0 atom stereocenters. The van der Waals surface area contributed by atoms with Crippen LogP contribution in [0.25, 0.3) is 0 Å². The SMILES string of the molecule is C#CCCCCNC1COC1.